The minimum atomic E-state index is -1.95. The smallest absolute Gasteiger partial charge is 0.337 e. The number of carboxylic acids is 1. The molecule has 0 saturated heterocycles. The van der Waals surface area contributed by atoms with Crippen LogP contribution in [-0.2, 0) is 22.6 Å². The van der Waals surface area contributed by atoms with E-state index < -0.39 is 20.1 Å². The van der Waals surface area contributed by atoms with Crippen molar-refractivity contribution in [3.05, 3.63) is 27.8 Å². The van der Waals surface area contributed by atoms with Gasteiger partial charge in [0.15, 0.2) is 6.10 Å². The van der Waals surface area contributed by atoms with Crippen molar-refractivity contribution in [1.82, 2.24) is 4.90 Å². The van der Waals surface area contributed by atoms with Gasteiger partial charge < -0.3 is 15.1 Å². The topological polar surface area (TPSA) is 77.8 Å². The van der Waals surface area contributed by atoms with Crippen LogP contribution in [0.15, 0.2) is 0 Å². The molecule has 1 aliphatic heterocycles. The fourth-order valence-corrected chi connectivity index (χ4v) is 7.99. The largest absolute Gasteiger partial charge is 0.479 e. The molecule has 1 aromatic carbocycles. The molecule has 1 aromatic rings. The molecule has 166 valence electrons. The highest BCUT2D eigenvalue weighted by molar-refractivity contribution is 6.89. The Morgan fingerprint density at radius 3 is 2.17 bits per heavy atom. The summed E-state index contributed by atoms with van der Waals surface area (Å²) >= 11 is 0. The summed E-state index contributed by atoms with van der Waals surface area (Å²) in [5.41, 5.74) is 4.86. The van der Waals surface area contributed by atoms with Crippen LogP contribution in [0.4, 0.5) is 0 Å². The number of aliphatic hydroxyl groups excluding tert-OH is 1. The van der Waals surface area contributed by atoms with Crippen molar-refractivity contribution < 1.29 is 19.8 Å². The first kappa shape index (κ1) is 23.0. The predicted octanol–water partition coefficient (Wildman–Crippen LogP) is 3.82. The van der Waals surface area contributed by atoms with Crippen LogP contribution in [0.25, 0.3) is 0 Å². The van der Waals surface area contributed by atoms with E-state index in [1.54, 1.807) is 0 Å². The van der Waals surface area contributed by atoms with Gasteiger partial charge in [0.25, 0.3) is 0 Å². The molecule has 0 spiro atoms. The molecule has 1 atom stereocenters. The number of rotatable bonds is 4. The standard InChI is InChI=1S/C24H37NO4Si/c1-14-17-12-19(26)25(16-8-10-24(3,4)11-9-16)13-18(17)15(2)22(30(5,6)7)20(14)21(27)23(28)29/h16,21,27H,8-13H2,1-7H3,(H,28,29). The minimum absolute atomic E-state index is 0.131. The van der Waals surface area contributed by atoms with E-state index in [4.69, 9.17) is 0 Å². The lowest BCUT2D eigenvalue weighted by molar-refractivity contribution is -0.146. The Morgan fingerprint density at radius 1 is 1.10 bits per heavy atom. The van der Waals surface area contributed by atoms with Crippen LogP contribution < -0.4 is 5.19 Å². The van der Waals surface area contributed by atoms with E-state index in [2.05, 4.69) is 45.3 Å². The zero-order valence-electron chi connectivity index (χ0n) is 19.6. The zero-order valence-corrected chi connectivity index (χ0v) is 20.6. The lowest BCUT2D eigenvalue weighted by Gasteiger charge is -2.43. The highest BCUT2D eigenvalue weighted by Gasteiger charge is 2.39. The van der Waals surface area contributed by atoms with Gasteiger partial charge in [0.1, 0.15) is 0 Å². The summed E-state index contributed by atoms with van der Waals surface area (Å²) < 4.78 is 0. The molecule has 1 aliphatic carbocycles. The third-order valence-electron chi connectivity index (χ3n) is 7.30. The molecule has 2 aliphatic rings. The first-order valence-electron chi connectivity index (χ1n) is 11.1. The molecule has 3 rings (SSSR count). The van der Waals surface area contributed by atoms with Gasteiger partial charge in [0.05, 0.1) is 14.5 Å². The molecule has 1 amide bonds. The van der Waals surface area contributed by atoms with Crippen molar-refractivity contribution >= 4 is 25.1 Å². The Hall–Kier alpha value is -1.66. The maximum atomic E-state index is 13.1. The maximum Gasteiger partial charge on any atom is 0.337 e. The van der Waals surface area contributed by atoms with E-state index in [-0.39, 0.29) is 11.9 Å². The Bertz CT molecular complexity index is 874. The lowest BCUT2D eigenvalue weighted by Crippen LogP contribution is -2.49. The summed E-state index contributed by atoms with van der Waals surface area (Å²) in [7, 11) is -1.95. The van der Waals surface area contributed by atoms with Gasteiger partial charge in [-0.25, -0.2) is 4.79 Å². The fourth-order valence-electron chi connectivity index (χ4n) is 5.58. The van der Waals surface area contributed by atoms with E-state index in [0.29, 0.717) is 23.9 Å². The second-order valence-electron chi connectivity index (χ2n) is 11.1. The van der Waals surface area contributed by atoms with Gasteiger partial charge in [-0.05, 0) is 72.8 Å². The van der Waals surface area contributed by atoms with Gasteiger partial charge in [-0.1, -0.05) is 38.7 Å². The van der Waals surface area contributed by atoms with Crippen molar-refractivity contribution in [2.75, 3.05) is 0 Å². The van der Waals surface area contributed by atoms with Crippen molar-refractivity contribution in [2.24, 2.45) is 5.41 Å². The van der Waals surface area contributed by atoms with Crippen molar-refractivity contribution in [3.8, 4) is 0 Å². The molecule has 0 radical (unpaired) electrons. The molecule has 0 bridgehead atoms. The van der Waals surface area contributed by atoms with Crippen LogP contribution >= 0.6 is 0 Å². The number of carbonyl (C=O) groups excluding carboxylic acids is 1. The summed E-state index contributed by atoms with van der Waals surface area (Å²) in [5, 5.41) is 21.1. The number of aliphatic hydroxyl groups is 1. The van der Waals surface area contributed by atoms with Crippen LogP contribution in [0.1, 0.15) is 73.5 Å². The number of fused-ring (bicyclic) bond motifs is 1. The van der Waals surface area contributed by atoms with Gasteiger partial charge in [0, 0.05) is 12.6 Å². The average Bonchev–Trinajstić information content (AvgIpc) is 2.62. The van der Waals surface area contributed by atoms with E-state index in [0.717, 1.165) is 47.6 Å². The summed E-state index contributed by atoms with van der Waals surface area (Å²) in [6.07, 6.45) is 3.11. The number of carbonyl (C=O) groups is 2. The van der Waals surface area contributed by atoms with Crippen molar-refractivity contribution in [1.29, 1.82) is 0 Å². The third kappa shape index (κ3) is 4.08. The Labute approximate surface area is 181 Å². The van der Waals surface area contributed by atoms with E-state index in [1.165, 1.54) is 5.56 Å². The first-order chi connectivity index (χ1) is 13.7. The summed E-state index contributed by atoms with van der Waals surface area (Å²) in [4.78, 5) is 26.9. The number of amides is 1. The van der Waals surface area contributed by atoms with Crippen molar-refractivity contribution in [3.63, 3.8) is 0 Å². The molecule has 0 aromatic heterocycles. The fraction of sp³-hybridized carbons (Fsp3) is 0.667. The molecule has 30 heavy (non-hydrogen) atoms. The van der Waals surface area contributed by atoms with Crippen LogP contribution in [0.3, 0.4) is 0 Å². The number of nitrogens with zero attached hydrogens (tertiary/aromatic N) is 1. The monoisotopic (exact) mass is 431 g/mol. The molecule has 6 heteroatoms. The highest BCUT2D eigenvalue weighted by atomic mass is 28.3. The van der Waals surface area contributed by atoms with Crippen LogP contribution in [0.5, 0.6) is 0 Å². The minimum Gasteiger partial charge on any atom is -0.479 e. The Morgan fingerprint density at radius 2 is 1.67 bits per heavy atom. The quantitative estimate of drug-likeness (QED) is 0.711. The van der Waals surface area contributed by atoms with E-state index in [9.17, 15) is 19.8 Å². The maximum absolute atomic E-state index is 13.1. The number of carboxylic acid groups (broad SMARTS) is 1. The summed E-state index contributed by atoms with van der Waals surface area (Å²) in [5.74, 6) is -1.10. The van der Waals surface area contributed by atoms with E-state index >= 15 is 0 Å². The molecule has 2 N–H and O–H groups in total. The molecule has 5 nitrogen and oxygen atoms in total. The summed E-state index contributed by atoms with van der Waals surface area (Å²) in [6.45, 7) is 15.7. The SMILES string of the molecule is Cc1c2c(c(C)c([Si](C)(C)C)c1C(O)C(=O)O)CN(C1CCC(C)(C)CC1)C(=O)C2. The third-order valence-corrected chi connectivity index (χ3v) is 9.45. The molecule has 1 heterocycles. The first-order valence-corrected chi connectivity index (χ1v) is 14.6. The average molecular weight is 432 g/mol. The molecular formula is C24H37NO4Si. The van der Waals surface area contributed by atoms with Crippen LogP contribution in [-0.4, -0.2) is 41.1 Å². The van der Waals surface area contributed by atoms with Crippen LogP contribution in [0, 0.1) is 19.3 Å². The molecular weight excluding hydrogens is 394 g/mol. The van der Waals surface area contributed by atoms with Gasteiger partial charge in [-0.15, -0.1) is 0 Å². The highest BCUT2D eigenvalue weighted by Crippen LogP contribution is 2.39. The van der Waals surface area contributed by atoms with Gasteiger partial charge >= 0.3 is 5.97 Å². The molecule has 1 unspecified atom stereocenters. The lowest BCUT2D eigenvalue weighted by atomic mass is 9.74. The van der Waals surface area contributed by atoms with Crippen molar-refractivity contribution in [2.45, 2.75) is 98.1 Å². The summed E-state index contributed by atoms with van der Waals surface area (Å²) in [6, 6.07) is 0.290. The van der Waals surface area contributed by atoms with Gasteiger partial charge in [-0.2, -0.15) is 0 Å². The van der Waals surface area contributed by atoms with Gasteiger partial charge in [-0.3, -0.25) is 4.79 Å². The van der Waals surface area contributed by atoms with Gasteiger partial charge in [0.2, 0.25) is 5.91 Å². The zero-order chi connectivity index (χ0) is 22.6. The second kappa shape index (κ2) is 7.79. The Kier molecular flexibility index (Phi) is 5.97. The Balaban J connectivity index is 2.09. The number of benzene rings is 1. The number of aliphatic carboxylic acids is 1. The van der Waals surface area contributed by atoms with Crippen LogP contribution in [0.2, 0.25) is 19.6 Å². The molecule has 1 saturated carbocycles. The van der Waals surface area contributed by atoms with E-state index in [1.807, 2.05) is 6.92 Å². The predicted molar refractivity (Wildman–Crippen MR) is 122 cm³/mol. The number of hydrogen-bond donors (Lipinski definition) is 2. The number of hydrogen-bond acceptors (Lipinski definition) is 3. The molecule has 1 fully saturated rings. The second-order valence-corrected chi connectivity index (χ2v) is 16.1. The normalized spacial score (nSPS) is 20.8.